The number of ether oxygens (including phenoxy) is 4. The number of nitrogens with one attached hydrogen (secondary N) is 8. The van der Waals surface area contributed by atoms with Gasteiger partial charge >= 0.3 is 24.1 Å². The van der Waals surface area contributed by atoms with Crippen LogP contribution in [0.2, 0.25) is 20.1 Å². The summed E-state index contributed by atoms with van der Waals surface area (Å²) in [5.41, 5.74) is 18.2. The van der Waals surface area contributed by atoms with Crippen LogP contribution < -0.4 is 61.5 Å². The average molecular weight is 1860 g/mol. The molecule has 0 aromatic heterocycles. The van der Waals surface area contributed by atoms with Crippen LogP contribution in [0.4, 0.5) is 64.7 Å². The fourth-order valence-corrected chi connectivity index (χ4v) is 14.4. The van der Waals surface area contributed by atoms with Crippen molar-refractivity contribution in [1.29, 1.82) is 0 Å². The standard InChI is InChI=1S/4C27H30ClN3O2/c4*1-17(2)23-7-6-8-24(18(3)4)25(23)30-26(19-9-15-22(33-5)16-10-19)31-27(32)29-21-13-11-20(28)12-14-21/h4*6-18H,1-5H3,(H2,29,30,31,32). The summed E-state index contributed by atoms with van der Waals surface area (Å²) in [6.07, 6.45) is 0. The van der Waals surface area contributed by atoms with Crippen LogP contribution in [0.1, 0.15) is 225 Å². The Bertz CT molecular complexity index is 5110. The van der Waals surface area contributed by atoms with Gasteiger partial charge in [-0.25, -0.2) is 39.1 Å². The maximum absolute atomic E-state index is 12.9. The van der Waals surface area contributed by atoms with E-state index >= 15 is 0 Å². The Morgan fingerprint density at radius 2 is 0.364 bits per heavy atom. The van der Waals surface area contributed by atoms with Gasteiger partial charge in [0.2, 0.25) is 0 Å². The molecule has 0 fully saturated rings. The first kappa shape index (κ1) is 102. The van der Waals surface area contributed by atoms with E-state index in [0.717, 1.165) is 113 Å². The molecule has 0 atom stereocenters. The number of carbonyl (C=O) groups excluding carboxylic acids is 4. The van der Waals surface area contributed by atoms with Gasteiger partial charge in [-0.3, -0.25) is 21.3 Å². The normalized spacial score (nSPS) is 11.6. The van der Waals surface area contributed by atoms with Gasteiger partial charge in [0.05, 0.1) is 51.2 Å². The van der Waals surface area contributed by atoms with Gasteiger partial charge < -0.3 is 40.2 Å². The Morgan fingerprint density at radius 3 is 0.492 bits per heavy atom. The van der Waals surface area contributed by atoms with E-state index in [0.29, 0.717) is 66.2 Å². The lowest BCUT2D eigenvalue weighted by atomic mass is 9.93. The first-order chi connectivity index (χ1) is 63.1. The van der Waals surface area contributed by atoms with E-state index in [2.05, 4.69) is 226 Å². The fourth-order valence-electron chi connectivity index (χ4n) is 13.9. The average Bonchev–Trinajstić information content (AvgIpc) is 0.817. The summed E-state index contributed by atoms with van der Waals surface area (Å²) in [5.74, 6) is 6.99. The van der Waals surface area contributed by atoms with Crippen LogP contribution >= 0.6 is 46.4 Å². The SMILES string of the molecule is COc1ccc(C(=Nc2c(C(C)C)cccc2C(C)C)NC(=O)Nc2ccc(Cl)cc2)cc1.COc1ccc(C(=Nc2c(C(C)C)cccc2C(C)C)NC(=O)Nc2ccc(Cl)cc2)cc1.COc1ccc(C(=Nc2c(C(C)C)cccc2C(C)C)NC(=O)Nc2ccc(Cl)cc2)cc1.COc1ccc(C(=Nc2c(C(C)C)cccc2C(C)C)NC(=O)Nc2ccc(Cl)cc2)cc1. The molecule has 8 N–H and O–H groups in total. The molecule has 0 unspecified atom stereocenters. The Balaban J connectivity index is 0.000000198. The number of benzene rings is 12. The Hall–Kier alpha value is -13.2. The van der Waals surface area contributed by atoms with E-state index in [1.165, 1.54) is 0 Å². The van der Waals surface area contributed by atoms with Crippen molar-refractivity contribution >= 4 is 139 Å². The number of urea groups is 4. The summed E-state index contributed by atoms with van der Waals surface area (Å²) in [6, 6.07) is 81.1. The zero-order valence-electron chi connectivity index (χ0n) is 78.6. The number of anilines is 4. The molecule has 0 saturated heterocycles. The first-order valence-electron chi connectivity index (χ1n) is 43.9. The second-order valence-electron chi connectivity index (χ2n) is 33.5. The number of hydrogen-bond donors (Lipinski definition) is 8. The molecular formula is C108H120Cl4N12O8. The summed E-state index contributed by atoms with van der Waals surface area (Å²) < 4.78 is 21.2. The van der Waals surface area contributed by atoms with E-state index < -0.39 is 0 Å². The second-order valence-corrected chi connectivity index (χ2v) is 35.2. The third-order valence-corrected chi connectivity index (χ3v) is 22.1. The highest BCUT2D eigenvalue weighted by atomic mass is 35.5. The van der Waals surface area contributed by atoms with E-state index in [1.54, 1.807) is 126 Å². The number of rotatable bonds is 24. The van der Waals surface area contributed by atoms with Crippen molar-refractivity contribution in [3.8, 4) is 23.0 Å². The lowest BCUT2D eigenvalue weighted by molar-refractivity contribution is 0.255. The van der Waals surface area contributed by atoms with Crippen molar-refractivity contribution < 1.29 is 38.1 Å². The van der Waals surface area contributed by atoms with Gasteiger partial charge in [-0.05, 0) is 286 Å². The summed E-state index contributed by atoms with van der Waals surface area (Å²) in [7, 11) is 6.48. The molecule has 0 aliphatic heterocycles. The smallest absolute Gasteiger partial charge is 0.324 e. The molecule has 0 radical (unpaired) electrons. The predicted octanol–water partition coefficient (Wildman–Crippen LogP) is 30.0. The number of aliphatic imine (C=N–C) groups is 4. The van der Waals surface area contributed by atoms with E-state index in [4.69, 9.17) is 85.3 Å². The summed E-state index contributed by atoms with van der Waals surface area (Å²) in [6.45, 7) is 34.3. The van der Waals surface area contributed by atoms with Crippen molar-refractivity contribution in [2.45, 2.75) is 158 Å². The topological polar surface area (TPSA) is 251 Å². The maximum Gasteiger partial charge on any atom is 0.324 e. The van der Waals surface area contributed by atoms with Crippen LogP contribution in [0.25, 0.3) is 0 Å². The molecule has 12 aromatic carbocycles. The van der Waals surface area contributed by atoms with Crippen LogP contribution in [0.5, 0.6) is 23.0 Å². The molecule has 0 bridgehead atoms. The monoisotopic (exact) mass is 1850 g/mol. The minimum Gasteiger partial charge on any atom is -0.497 e. The molecule has 0 heterocycles. The minimum atomic E-state index is -0.389. The van der Waals surface area contributed by atoms with Gasteiger partial charge in [-0.15, -0.1) is 0 Å². The Labute approximate surface area is 798 Å². The van der Waals surface area contributed by atoms with Gasteiger partial charge in [0.15, 0.2) is 0 Å². The molecule has 20 nitrogen and oxygen atoms in total. The van der Waals surface area contributed by atoms with Crippen LogP contribution in [0.3, 0.4) is 0 Å². The van der Waals surface area contributed by atoms with Crippen molar-refractivity contribution in [2.75, 3.05) is 49.7 Å². The lowest BCUT2D eigenvalue weighted by Crippen LogP contribution is -2.35. The molecule has 0 saturated carbocycles. The van der Waals surface area contributed by atoms with E-state index in [1.807, 2.05) is 97.1 Å². The van der Waals surface area contributed by atoms with Crippen LogP contribution in [0.15, 0.2) is 287 Å². The zero-order chi connectivity index (χ0) is 95.8. The molecule has 132 heavy (non-hydrogen) atoms. The highest BCUT2D eigenvalue weighted by Crippen LogP contribution is 2.41. The van der Waals surface area contributed by atoms with Crippen LogP contribution in [-0.2, 0) is 0 Å². The van der Waals surface area contributed by atoms with Crippen molar-refractivity contribution in [3.63, 3.8) is 0 Å². The van der Waals surface area contributed by atoms with Crippen LogP contribution in [0, 0.1) is 0 Å². The molecule has 12 rings (SSSR count). The second kappa shape index (κ2) is 50.2. The molecule has 0 aliphatic rings. The van der Waals surface area contributed by atoms with E-state index in [-0.39, 0.29) is 71.5 Å². The number of carbonyl (C=O) groups is 4. The third-order valence-electron chi connectivity index (χ3n) is 21.1. The predicted molar refractivity (Wildman–Crippen MR) is 550 cm³/mol. The minimum absolute atomic E-state index is 0.280. The highest BCUT2D eigenvalue weighted by Gasteiger charge is 2.24. The highest BCUT2D eigenvalue weighted by molar-refractivity contribution is 6.32. The third kappa shape index (κ3) is 30.4. The molecule has 688 valence electrons. The van der Waals surface area contributed by atoms with Gasteiger partial charge in [-0.1, -0.05) is 230 Å². The van der Waals surface area contributed by atoms with Crippen molar-refractivity contribution in [2.24, 2.45) is 20.0 Å². The van der Waals surface area contributed by atoms with Crippen LogP contribution in [-0.4, -0.2) is 75.9 Å². The zero-order valence-corrected chi connectivity index (χ0v) is 81.6. The summed E-state index contributed by atoms with van der Waals surface area (Å²) in [5, 5.41) is 25.5. The molecule has 8 amide bonds. The van der Waals surface area contributed by atoms with E-state index in [9.17, 15) is 19.2 Å². The summed E-state index contributed by atoms with van der Waals surface area (Å²) in [4.78, 5) is 71.5. The number of amides is 8. The molecule has 12 aromatic rings. The number of amidine groups is 4. The van der Waals surface area contributed by atoms with Crippen molar-refractivity contribution in [1.82, 2.24) is 21.3 Å². The van der Waals surface area contributed by atoms with Gasteiger partial charge in [-0.2, -0.15) is 0 Å². The number of hydrogen-bond acceptors (Lipinski definition) is 12. The maximum atomic E-state index is 12.9. The Morgan fingerprint density at radius 1 is 0.220 bits per heavy atom. The van der Waals surface area contributed by atoms with Gasteiger partial charge in [0.1, 0.15) is 46.3 Å². The number of nitrogens with zero attached hydrogens (tertiary/aromatic N) is 4. The molecule has 0 spiro atoms. The molecule has 0 aliphatic carbocycles. The molecular weight excluding hydrogens is 1740 g/mol. The van der Waals surface area contributed by atoms with Crippen molar-refractivity contribution in [3.05, 3.63) is 354 Å². The quantitative estimate of drug-likeness (QED) is 0.0213. The number of para-hydroxylation sites is 4. The largest absolute Gasteiger partial charge is 0.497 e. The number of methoxy groups -OCH3 is 4. The van der Waals surface area contributed by atoms with Gasteiger partial charge in [0.25, 0.3) is 0 Å². The Kier molecular flexibility index (Phi) is 39.0. The lowest BCUT2D eigenvalue weighted by Gasteiger charge is -2.18. The molecule has 24 heteroatoms. The fraction of sp³-hybridized carbons (Fsp3) is 0.259. The number of halogens is 4. The summed E-state index contributed by atoms with van der Waals surface area (Å²) >= 11 is 23.8. The van der Waals surface area contributed by atoms with Gasteiger partial charge in [0, 0.05) is 65.1 Å². The first-order valence-corrected chi connectivity index (χ1v) is 45.4.